The molecular formula is C13H22O3. The highest BCUT2D eigenvalue weighted by atomic mass is 17.0. The van der Waals surface area contributed by atoms with Crippen molar-refractivity contribution in [3.8, 4) is 0 Å². The summed E-state index contributed by atoms with van der Waals surface area (Å²) in [7, 11) is 0. The first-order valence-electron chi connectivity index (χ1n) is 5.63. The Morgan fingerprint density at radius 2 is 1.50 bits per heavy atom. The predicted octanol–water partition coefficient (Wildman–Crippen LogP) is 3.62. The minimum absolute atomic E-state index is 0.659. The van der Waals surface area contributed by atoms with Crippen molar-refractivity contribution in [3.63, 3.8) is 0 Å². The Morgan fingerprint density at radius 3 is 1.75 bits per heavy atom. The lowest BCUT2D eigenvalue weighted by Crippen LogP contribution is -1.83. The van der Waals surface area contributed by atoms with Crippen molar-refractivity contribution in [3.05, 3.63) is 35.9 Å². The van der Waals surface area contributed by atoms with E-state index in [1.165, 1.54) is 18.4 Å². The van der Waals surface area contributed by atoms with Crippen molar-refractivity contribution in [2.24, 2.45) is 0 Å². The summed E-state index contributed by atoms with van der Waals surface area (Å²) in [5.41, 5.74) is 1.41. The van der Waals surface area contributed by atoms with Gasteiger partial charge in [0.2, 0.25) is 0 Å². The summed E-state index contributed by atoms with van der Waals surface area (Å²) in [5.74, 6) is 0.659. The lowest BCUT2D eigenvalue weighted by atomic mass is 10.0. The molecule has 92 valence electrons. The van der Waals surface area contributed by atoms with Gasteiger partial charge in [0.1, 0.15) is 0 Å². The van der Waals surface area contributed by atoms with Gasteiger partial charge in [-0.1, -0.05) is 44.2 Å². The molecule has 0 unspecified atom stereocenters. The Hall–Kier alpha value is -0.900. The van der Waals surface area contributed by atoms with E-state index < -0.39 is 0 Å². The molecule has 3 nitrogen and oxygen atoms in total. The van der Waals surface area contributed by atoms with Gasteiger partial charge in [-0.15, -0.1) is 0 Å². The standard InChI is InChI=1S/C9H12.C4H8O.H2O2/c1-8(2)9-6-4-3-5-7-9;1-2-4-5-3-1;1-2/h3-8H,1-2H3;1-4H2;1-2H. The van der Waals surface area contributed by atoms with Crippen molar-refractivity contribution in [2.45, 2.75) is 32.6 Å². The Morgan fingerprint density at radius 1 is 1.00 bits per heavy atom. The van der Waals surface area contributed by atoms with Crippen molar-refractivity contribution in [1.29, 1.82) is 0 Å². The van der Waals surface area contributed by atoms with Crippen LogP contribution in [0.1, 0.15) is 38.2 Å². The number of hydrogen-bond acceptors (Lipinski definition) is 3. The molecule has 16 heavy (non-hydrogen) atoms. The van der Waals surface area contributed by atoms with Gasteiger partial charge < -0.3 is 4.74 Å². The summed E-state index contributed by atoms with van der Waals surface area (Å²) in [6.07, 6.45) is 2.56. The minimum Gasteiger partial charge on any atom is -0.381 e. The normalized spacial score (nSPS) is 13.6. The lowest BCUT2D eigenvalue weighted by Gasteiger charge is -2.01. The van der Waals surface area contributed by atoms with E-state index in [0.29, 0.717) is 5.92 Å². The second-order valence-electron chi connectivity index (χ2n) is 3.88. The summed E-state index contributed by atoms with van der Waals surface area (Å²) in [5, 5.41) is 12.0. The Labute approximate surface area is 97.6 Å². The Bertz CT molecular complexity index is 223. The summed E-state index contributed by atoms with van der Waals surface area (Å²) >= 11 is 0. The van der Waals surface area contributed by atoms with Gasteiger partial charge in [0.25, 0.3) is 0 Å². The van der Waals surface area contributed by atoms with Crippen LogP contribution < -0.4 is 0 Å². The van der Waals surface area contributed by atoms with Gasteiger partial charge in [-0.2, -0.15) is 0 Å². The Balaban J connectivity index is 0.000000272. The van der Waals surface area contributed by atoms with E-state index in [9.17, 15) is 0 Å². The van der Waals surface area contributed by atoms with Crippen LogP contribution in [0.25, 0.3) is 0 Å². The highest BCUT2D eigenvalue weighted by Gasteiger charge is 1.95. The van der Waals surface area contributed by atoms with Gasteiger partial charge in [0.15, 0.2) is 0 Å². The summed E-state index contributed by atoms with van der Waals surface area (Å²) in [6, 6.07) is 10.5. The summed E-state index contributed by atoms with van der Waals surface area (Å²) in [4.78, 5) is 0. The van der Waals surface area contributed by atoms with Gasteiger partial charge in [0.05, 0.1) is 0 Å². The topological polar surface area (TPSA) is 49.7 Å². The molecule has 1 aromatic carbocycles. The first kappa shape index (κ1) is 15.1. The zero-order valence-electron chi connectivity index (χ0n) is 10.1. The van der Waals surface area contributed by atoms with Gasteiger partial charge in [0, 0.05) is 13.2 Å². The fraction of sp³-hybridized carbons (Fsp3) is 0.538. The number of benzene rings is 1. The maximum atomic E-state index is 6.00. The highest BCUT2D eigenvalue weighted by molar-refractivity contribution is 5.17. The van der Waals surface area contributed by atoms with E-state index in [1.54, 1.807) is 0 Å². The summed E-state index contributed by atoms with van der Waals surface area (Å²) < 4.78 is 4.94. The Kier molecular flexibility index (Phi) is 10.0. The van der Waals surface area contributed by atoms with Crippen LogP contribution in [-0.4, -0.2) is 23.7 Å². The van der Waals surface area contributed by atoms with E-state index in [-0.39, 0.29) is 0 Å². The molecule has 1 aromatic rings. The molecule has 0 bridgehead atoms. The van der Waals surface area contributed by atoms with Gasteiger partial charge in [-0.3, -0.25) is 10.5 Å². The quantitative estimate of drug-likeness (QED) is 0.568. The largest absolute Gasteiger partial charge is 0.381 e. The molecule has 0 atom stereocenters. The zero-order valence-corrected chi connectivity index (χ0v) is 10.1. The molecule has 1 fully saturated rings. The van der Waals surface area contributed by atoms with Gasteiger partial charge in [-0.05, 0) is 24.3 Å². The predicted molar refractivity (Wildman–Crippen MR) is 65.8 cm³/mol. The van der Waals surface area contributed by atoms with E-state index >= 15 is 0 Å². The molecule has 0 amide bonds. The van der Waals surface area contributed by atoms with Crippen LogP contribution in [0, 0.1) is 0 Å². The van der Waals surface area contributed by atoms with Crippen molar-refractivity contribution >= 4 is 0 Å². The minimum atomic E-state index is 0.659. The van der Waals surface area contributed by atoms with Crippen LogP contribution >= 0.6 is 0 Å². The van der Waals surface area contributed by atoms with E-state index in [0.717, 1.165) is 13.2 Å². The molecule has 2 N–H and O–H groups in total. The van der Waals surface area contributed by atoms with Gasteiger partial charge >= 0.3 is 0 Å². The molecule has 0 spiro atoms. The van der Waals surface area contributed by atoms with Gasteiger partial charge in [-0.25, -0.2) is 0 Å². The first-order valence-corrected chi connectivity index (χ1v) is 5.63. The molecule has 0 aromatic heterocycles. The average Bonchev–Trinajstić information content (AvgIpc) is 2.91. The lowest BCUT2D eigenvalue weighted by molar-refractivity contribution is -0.176. The van der Waals surface area contributed by atoms with E-state index in [2.05, 4.69) is 38.1 Å². The molecule has 0 saturated carbocycles. The third-order valence-electron chi connectivity index (χ3n) is 2.29. The smallest absolute Gasteiger partial charge is 0.0466 e. The number of ether oxygens (including phenoxy) is 1. The van der Waals surface area contributed by atoms with Crippen molar-refractivity contribution in [1.82, 2.24) is 0 Å². The molecule has 1 saturated heterocycles. The number of hydrogen-bond donors (Lipinski definition) is 2. The average molecular weight is 226 g/mol. The number of rotatable bonds is 1. The van der Waals surface area contributed by atoms with E-state index in [4.69, 9.17) is 15.3 Å². The first-order chi connectivity index (χ1) is 7.80. The molecule has 1 aliphatic rings. The molecule has 0 radical (unpaired) electrons. The van der Waals surface area contributed by atoms with Crippen molar-refractivity contribution < 1.29 is 15.3 Å². The zero-order chi connectivity index (χ0) is 12.2. The monoisotopic (exact) mass is 226 g/mol. The van der Waals surface area contributed by atoms with Crippen LogP contribution in [0.2, 0.25) is 0 Å². The fourth-order valence-corrected chi connectivity index (χ4v) is 1.35. The second kappa shape index (κ2) is 10.6. The molecule has 1 heterocycles. The fourth-order valence-electron chi connectivity index (χ4n) is 1.35. The molecule has 2 rings (SSSR count). The summed E-state index contributed by atoms with van der Waals surface area (Å²) in [6.45, 7) is 6.41. The van der Waals surface area contributed by atoms with Crippen LogP contribution in [0.3, 0.4) is 0 Å². The third-order valence-corrected chi connectivity index (χ3v) is 2.29. The molecule has 0 aliphatic carbocycles. The third kappa shape index (κ3) is 7.40. The van der Waals surface area contributed by atoms with Crippen LogP contribution in [0.5, 0.6) is 0 Å². The van der Waals surface area contributed by atoms with Crippen LogP contribution in [0.4, 0.5) is 0 Å². The van der Waals surface area contributed by atoms with Crippen LogP contribution in [-0.2, 0) is 4.74 Å². The van der Waals surface area contributed by atoms with Crippen molar-refractivity contribution in [2.75, 3.05) is 13.2 Å². The molecular weight excluding hydrogens is 204 g/mol. The maximum Gasteiger partial charge on any atom is 0.0466 e. The van der Waals surface area contributed by atoms with E-state index in [1.807, 2.05) is 6.07 Å². The second-order valence-corrected chi connectivity index (χ2v) is 3.88. The molecule has 1 aliphatic heterocycles. The highest BCUT2D eigenvalue weighted by Crippen LogP contribution is 2.11. The molecule has 3 heteroatoms. The van der Waals surface area contributed by atoms with Crippen LogP contribution in [0.15, 0.2) is 30.3 Å². The SMILES string of the molecule is C1CCOC1.CC(C)c1ccccc1.OO. The maximum absolute atomic E-state index is 6.00.